The van der Waals surface area contributed by atoms with E-state index >= 15 is 0 Å². The van der Waals surface area contributed by atoms with Crippen LogP contribution in [0.4, 0.5) is 5.69 Å². The molecule has 0 unspecified atom stereocenters. The molecule has 5 nitrogen and oxygen atoms in total. The Morgan fingerprint density at radius 1 is 1.08 bits per heavy atom. The largest absolute Gasteiger partial charge is 0.477 e. The summed E-state index contributed by atoms with van der Waals surface area (Å²) in [5.74, 6) is -1.03. The van der Waals surface area contributed by atoms with E-state index in [2.05, 4.69) is 5.32 Å². The molecule has 138 valence electrons. The van der Waals surface area contributed by atoms with Gasteiger partial charge in [0.05, 0.1) is 20.8 Å². The van der Waals surface area contributed by atoms with Gasteiger partial charge in [-0.3, -0.25) is 4.79 Å². The maximum Gasteiger partial charge on any atom is 0.347 e. The summed E-state index contributed by atoms with van der Waals surface area (Å²) in [6.07, 6.45) is -0.976. The third-order valence-corrected chi connectivity index (χ3v) is 4.45. The third-order valence-electron chi connectivity index (χ3n) is 3.10. The van der Waals surface area contributed by atoms with Crippen molar-refractivity contribution in [2.45, 2.75) is 13.0 Å². The van der Waals surface area contributed by atoms with E-state index in [4.69, 9.17) is 55.9 Å². The highest BCUT2D eigenvalue weighted by Crippen LogP contribution is 2.30. The first-order valence-electron chi connectivity index (χ1n) is 7.30. The Hall–Kier alpha value is -1.66. The minimum absolute atomic E-state index is 0.197. The maximum atomic E-state index is 12.0. The summed E-state index contributed by atoms with van der Waals surface area (Å²) in [5, 5.41) is 3.69. The molecular weight excluding hydrogens is 424 g/mol. The van der Waals surface area contributed by atoms with Crippen LogP contribution in [0.2, 0.25) is 20.1 Å². The van der Waals surface area contributed by atoms with Gasteiger partial charge in [-0.2, -0.15) is 0 Å². The predicted molar refractivity (Wildman–Crippen MR) is 103 cm³/mol. The summed E-state index contributed by atoms with van der Waals surface area (Å²) in [5.41, 5.74) is 0.317. The Kier molecular flexibility index (Phi) is 7.41. The molecule has 0 spiro atoms. The third kappa shape index (κ3) is 5.68. The average Bonchev–Trinajstić information content (AvgIpc) is 2.59. The van der Waals surface area contributed by atoms with Crippen molar-refractivity contribution >= 4 is 64.0 Å². The molecule has 0 aliphatic heterocycles. The average molecular weight is 437 g/mol. The fraction of sp³-hybridized carbons (Fsp3) is 0.176. The van der Waals surface area contributed by atoms with Crippen LogP contribution in [-0.2, 0) is 14.3 Å². The Bertz CT molecular complexity index is 828. The van der Waals surface area contributed by atoms with E-state index in [-0.39, 0.29) is 15.8 Å². The fourth-order valence-electron chi connectivity index (χ4n) is 1.85. The first kappa shape index (κ1) is 20.6. The number of carbonyl (C=O) groups is 2. The van der Waals surface area contributed by atoms with Crippen molar-refractivity contribution in [3.8, 4) is 5.75 Å². The zero-order chi connectivity index (χ0) is 19.3. The van der Waals surface area contributed by atoms with Gasteiger partial charge in [0.2, 0.25) is 0 Å². The highest BCUT2D eigenvalue weighted by molar-refractivity contribution is 6.44. The topological polar surface area (TPSA) is 64.6 Å². The van der Waals surface area contributed by atoms with Gasteiger partial charge in [-0.25, -0.2) is 4.79 Å². The standard InChI is InChI=1S/C17H13Cl4NO4/c1-9(26-14-6-5-10(18)7-12(14)20)17(24)25-8-15(23)22-13-4-2-3-11(19)16(13)21/h2-7,9H,8H2,1H3,(H,22,23)/t9-/m1/s1. The van der Waals surface area contributed by atoms with Crippen molar-refractivity contribution in [3.63, 3.8) is 0 Å². The molecule has 9 heteroatoms. The van der Waals surface area contributed by atoms with Gasteiger partial charge >= 0.3 is 5.97 Å². The number of rotatable bonds is 6. The molecule has 0 saturated carbocycles. The van der Waals surface area contributed by atoms with Crippen molar-refractivity contribution in [3.05, 3.63) is 56.5 Å². The smallest absolute Gasteiger partial charge is 0.347 e. The summed E-state index contributed by atoms with van der Waals surface area (Å²) in [6.45, 7) is 0.961. The van der Waals surface area contributed by atoms with Crippen molar-refractivity contribution in [1.82, 2.24) is 0 Å². The van der Waals surface area contributed by atoms with Crippen molar-refractivity contribution < 1.29 is 19.1 Å². The van der Waals surface area contributed by atoms with E-state index in [0.717, 1.165) is 0 Å². The lowest BCUT2D eigenvalue weighted by Crippen LogP contribution is -2.29. The molecular formula is C17H13Cl4NO4. The number of esters is 1. The van der Waals surface area contributed by atoms with Gasteiger partial charge in [-0.05, 0) is 37.3 Å². The van der Waals surface area contributed by atoms with E-state index in [1.165, 1.54) is 19.1 Å². The molecule has 0 heterocycles. The highest BCUT2D eigenvalue weighted by atomic mass is 35.5. The Labute approximate surface area is 170 Å². The first-order valence-corrected chi connectivity index (χ1v) is 8.81. The van der Waals surface area contributed by atoms with Gasteiger partial charge in [0.25, 0.3) is 5.91 Å². The number of hydrogen-bond donors (Lipinski definition) is 1. The second-order valence-electron chi connectivity index (χ2n) is 5.09. The van der Waals surface area contributed by atoms with E-state index < -0.39 is 24.6 Å². The SMILES string of the molecule is C[C@@H](Oc1ccc(Cl)cc1Cl)C(=O)OCC(=O)Nc1cccc(Cl)c1Cl. The zero-order valence-electron chi connectivity index (χ0n) is 13.4. The molecule has 0 bridgehead atoms. The molecule has 0 aromatic heterocycles. The minimum Gasteiger partial charge on any atom is -0.477 e. The second-order valence-corrected chi connectivity index (χ2v) is 6.72. The van der Waals surface area contributed by atoms with Gasteiger partial charge in [-0.15, -0.1) is 0 Å². The Balaban J connectivity index is 1.87. The van der Waals surface area contributed by atoms with Gasteiger partial charge in [-0.1, -0.05) is 52.5 Å². The monoisotopic (exact) mass is 435 g/mol. The first-order chi connectivity index (χ1) is 12.3. The molecule has 0 radical (unpaired) electrons. The number of carbonyl (C=O) groups excluding carboxylic acids is 2. The van der Waals surface area contributed by atoms with Crippen LogP contribution in [0, 0.1) is 0 Å². The lowest BCUT2D eigenvalue weighted by Gasteiger charge is -2.15. The molecule has 2 aromatic rings. The summed E-state index contributed by atoms with van der Waals surface area (Å²) < 4.78 is 10.3. The van der Waals surface area contributed by atoms with Crippen LogP contribution < -0.4 is 10.1 Å². The second kappa shape index (κ2) is 9.33. The lowest BCUT2D eigenvalue weighted by atomic mass is 10.3. The summed E-state index contributed by atoms with van der Waals surface area (Å²) >= 11 is 23.6. The number of anilines is 1. The van der Waals surface area contributed by atoms with Crippen LogP contribution >= 0.6 is 46.4 Å². The van der Waals surface area contributed by atoms with Crippen molar-refractivity contribution in [2.24, 2.45) is 0 Å². The van der Waals surface area contributed by atoms with E-state index in [1.807, 2.05) is 0 Å². The maximum absolute atomic E-state index is 12.0. The molecule has 0 aliphatic rings. The normalized spacial score (nSPS) is 11.6. The van der Waals surface area contributed by atoms with Crippen LogP contribution in [0.15, 0.2) is 36.4 Å². The lowest BCUT2D eigenvalue weighted by molar-refractivity contribution is -0.153. The van der Waals surface area contributed by atoms with E-state index in [1.54, 1.807) is 24.3 Å². The van der Waals surface area contributed by atoms with Crippen LogP contribution in [0.3, 0.4) is 0 Å². The molecule has 2 aromatic carbocycles. The van der Waals surface area contributed by atoms with Crippen molar-refractivity contribution in [2.75, 3.05) is 11.9 Å². The van der Waals surface area contributed by atoms with Gasteiger partial charge in [0, 0.05) is 5.02 Å². The quantitative estimate of drug-likeness (QED) is 0.628. The van der Waals surface area contributed by atoms with Crippen LogP contribution in [0.1, 0.15) is 6.92 Å². The van der Waals surface area contributed by atoms with E-state index in [0.29, 0.717) is 15.7 Å². The van der Waals surface area contributed by atoms with Crippen molar-refractivity contribution in [1.29, 1.82) is 0 Å². The highest BCUT2D eigenvalue weighted by Gasteiger charge is 2.19. The molecule has 26 heavy (non-hydrogen) atoms. The Morgan fingerprint density at radius 2 is 1.81 bits per heavy atom. The molecule has 2 rings (SSSR count). The number of nitrogens with one attached hydrogen (secondary N) is 1. The zero-order valence-corrected chi connectivity index (χ0v) is 16.4. The number of amides is 1. The number of hydrogen-bond acceptors (Lipinski definition) is 4. The predicted octanol–water partition coefficient (Wildman–Crippen LogP) is 5.25. The molecule has 0 saturated heterocycles. The number of halogens is 4. The van der Waals surface area contributed by atoms with Crippen LogP contribution in [0.25, 0.3) is 0 Å². The fourth-order valence-corrected chi connectivity index (χ4v) is 2.65. The van der Waals surface area contributed by atoms with Crippen LogP contribution in [-0.4, -0.2) is 24.6 Å². The van der Waals surface area contributed by atoms with Gasteiger partial charge < -0.3 is 14.8 Å². The number of benzene rings is 2. The molecule has 1 N–H and O–H groups in total. The van der Waals surface area contributed by atoms with Gasteiger partial charge in [0.15, 0.2) is 12.7 Å². The molecule has 0 fully saturated rings. The van der Waals surface area contributed by atoms with Crippen LogP contribution in [0.5, 0.6) is 5.75 Å². The summed E-state index contributed by atoms with van der Waals surface area (Å²) in [6, 6.07) is 9.37. The summed E-state index contributed by atoms with van der Waals surface area (Å²) in [4.78, 5) is 23.8. The summed E-state index contributed by atoms with van der Waals surface area (Å²) in [7, 11) is 0. The molecule has 1 atom stereocenters. The molecule has 1 amide bonds. The number of ether oxygens (including phenoxy) is 2. The minimum atomic E-state index is -0.976. The van der Waals surface area contributed by atoms with Gasteiger partial charge in [0.1, 0.15) is 5.75 Å². The Morgan fingerprint density at radius 3 is 2.50 bits per heavy atom. The van der Waals surface area contributed by atoms with E-state index in [9.17, 15) is 9.59 Å². The molecule has 0 aliphatic carbocycles.